The van der Waals surface area contributed by atoms with Gasteiger partial charge < -0.3 is 9.67 Å². The average Bonchev–Trinajstić information content (AvgIpc) is 2.64. The lowest BCUT2D eigenvalue weighted by Gasteiger charge is -1.98. The molecule has 1 N–H and O–H groups in total. The van der Waals surface area contributed by atoms with Gasteiger partial charge in [0, 0.05) is 25.2 Å². The van der Waals surface area contributed by atoms with Crippen LogP contribution in [0.4, 0.5) is 8.78 Å². The first-order chi connectivity index (χ1) is 8.11. The Bertz CT molecular complexity index is 537. The average molecular weight is 238 g/mol. The Kier molecular flexibility index (Phi) is 3.19. The predicted octanol–water partition coefficient (Wildman–Crippen LogP) is 1.90. The molecule has 0 saturated heterocycles. The highest BCUT2D eigenvalue weighted by atomic mass is 19.1. The van der Waals surface area contributed by atoms with Crippen LogP contribution in [0.25, 0.3) is 11.3 Å². The normalized spacial score (nSPS) is 10.8. The summed E-state index contributed by atoms with van der Waals surface area (Å²) in [5.41, 5.74) is 0.498. The fourth-order valence-corrected chi connectivity index (χ4v) is 1.66. The van der Waals surface area contributed by atoms with Crippen molar-refractivity contribution >= 4 is 0 Å². The highest BCUT2D eigenvalue weighted by molar-refractivity contribution is 5.59. The number of imidazole rings is 1. The molecule has 1 heterocycles. The number of hydrogen-bond acceptors (Lipinski definition) is 2. The zero-order valence-corrected chi connectivity index (χ0v) is 9.32. The molecule has 0 atom stereocenters. The molecule has 0 unspecified atom stereocenters. The molecule has 0 aliphatic rings. The number of benzene rings is 1. The van der Waals surface area contributed by atoms with Crippen LogP contribution in [0.1, 0.15) is 5.82 Å². The molecule has 5 heteroatoms. The molecular formula is C12H12F2N2O. The molecule has 2 rings (SSSR count). The maximum Gasteiger partial charge on any atom is 0.132 e. The van der Waals surface area contributed by atoms with Crippen molar-refractivity contribution in [1.29, 1.82) is 0 Å². The number of aliphatic hydroxyl groups excluding tert-OH is 1. The van der Waals surface area contributed by atoms with Gasteiger partial charge in [0.2, 0.25) is 0 Å². The number of rotatable bonds is 3. The third kappa shape index (κ3) is 2.34. The van der Waals surface area contributed by atoms with E-state index in [1.54, 1.807) is 17.8 Å². The first-order valence-corrected chi connectivity index (χ1v) is 5.20. The molecule has 0 spiro atoms. The largest absolute Gasteiger partial charge is 0.396 e. The van der Waals surface area contributed by atoms with Crippen LogP contribution >= 0.6 is 0 Å². The van der Waals surface area contributed by atoms with Gasteiger partial charge in [-0.05, 0) is 18.2 Å². The van der Waals surface area contributed by atoms with Crippen LogP contribution in [0.3, 0.4) is 0 Å². The van der Waals surface area contributed by atoms with E-state index < -0.39 is 11.6 Å². The van der Waals surface area contributed by atoms with E-state index in [0.29, 0.717) is 17.9 Å². The van der Waals surface area contributed by atoms with Crippen molar-refractivity contribution in [3.05, 3.63) is 41.9 Å². The highest BCUT2D eigenvalue weighted by Crippen LogP contribution is 2.22. The second kappa shape index (κ2) is 4.63. The monoisotopic (exact) mass is 238 g/mol. The number of hydrogen-bond donors (Lipinski definition) is 1. The van der Waals surface area contributed by atoms with E-state index in [4.69, 9.17) is 5.11 Å². The summed E-state index contributed by atoms with van der Waals surface area (Å²) in [4.78, 5) is 4.17. The Morgan fingerprint density at radius 2 is 2.12 bits per heavy atom. The van der Waals surface area contributed by atoms with Crippen LogP contribution in [-0.4, -0.2) is 21.3 Å². The Hall–Kier alpha value is -1.75. The lowest BCUT2D eigenvalue weighted by molar-refractivity contribution is 0.295. The van der Waals surface area contributed by atoms with E-state index in [2.05, 4.69) is 4.98 Å². The van der Waals surface area contributed by atoms with Gasteiger partial charge in [0.1, 0.15) is 17.5 Å². The Balaban J connectivity index is 2.45. The summed E-state index contributed by atoms with van der Waals surface area (Å²) < 4.78 is 28.3. The van der Waals surface area contributed by atoms with E-state index in [-0.39, 0.29) is 12.2 Å². The summed E-state index contributed by atoms with van der Waals surface area (Å²) in [5, 5.41) is 8.84. The van der Waals surface area contributed by atoms with Gasteiger partial charge in [-0.25, -0.2) is 13.8 Å². The van der Waals surface area contributed by atoms with Gasteiger partial charge in [-0.15, -0.1) is 0 Å². The fourth-order valence-electron chi connectivity index (χ4n) is 1.66. The molecule has 0 bridgehead atoms. The molecule has 0 fully saturated rings. The molecule has 17 heavy (non-hydrogen) atoms. The van der Waals surface area contributed by atoms with Gasteiger partial charge in [-0.3, -0.25) is 0 Å². The minimum atomic E-state index is -0.514. The van der Waals surface area contributed by atoms with Crippen molar-refractivity contribution in [2.24, 2.45) is 7.05 Å². The number of aliphatic hydroxyl groups is 1. The molecule has 0 radical (unpaired) electrons. The van der Waals surface area contributed by atoms with Crippen molar-refractivity contribution < 1.29 is 13.9 Å². The first kappa shape index (κ1) is 11.7. The van der Waals surface area contributed by atoms with Gasteiger partial charge in [0.25, 0.3) is 0 Å². The van der Waals surface area contributed by atoms with Crippen LogP contribution < -0.4 is 0 Å². The summed E-state index contributed by atoms with van der Waals surface area (Å²) >= 11 is 0. The SMILES string of the molecule is Cn1cc(-c2cc(F)ccc2F)nc1CCO. The topological polar surface area (TPSA) is 38.0 Å². The second-order valence-corrected chi connectivity index (χ2v) is 3.75. The lowest BCUT2D eigenvalue weighted by Crippen LogP contribution is -1.99. The van der Waals surface area contributed by atoms with Crippen LogP contribution in [0, 0.1) is 11.6 Å². The van der Waals surface area contributed by atoms with Crippen LogP contribution in [0.5, 0.6) is 0 Å². The third-order valence-electron chi connectivity index (χ3n) is 2.51. The number of aryl methyl sites for hydroxylation is 1. The molecule has 2 aromatic rings. The highest BCUT2D eigenvalue weighted by Gasteiger charge is 2.11. The second-order valence-electron chi connectivity index (χ2n) is 3.75. The predicted molar refractivity (Wildman–Crippen MR) is 59.3 cm³/mol. The Labute approximate surface area is 97.3 Å². The van der Waals surface area contributed by atoms with E-state index in [1.807, 2.05) is 0 Å². The summed E-state index contributed by atoms with van der Waals surface area (Å²) in [7, 11) is 1.75. The summed E-state index contributed by atoms with van der Waals surface area (Å²) in [5.74, 6) is -0.387. The number of aromatic nitrogens is 2. The summed E-state index contributed by atoms with van der Waals surface area (Å²) in [6.45, 7) is -0.0318. The smallest absolute Gasteiger partial charge is 0.132 e. The van der Waals surface area contributed by atoms with Crippen molar-refractivity contribution in [2.75, 3.05) is 6.61 Å². The molecule has 0 aliphatic carbocycles. The van der Waals surface area contributed by atoms with Crippen LogP contribution in [0.2, 0.25) is 0 Å². The molecule has 0 saturated carbocycles. The molecular weight excluding hydrogens is 226 g/mol. The van der Waals surface area contributed by atoms with Crippen molar-refractivity contribution in [3.8, 4) is 11.3 Å². The number of nitrogens with zero attached hydrogens (tertiary/aromatic N) is 2. The van der Waals surface area contributed by atoms with Crippen molar-refractivity contribution in [1.82, 2.24) is 9.55 Å². The molecule has 90 valence electrons. The maximum atomic E-state index is 13.5. The summed E-state index contributed by atoms with van der Waals surface area (Å²) in [6.07, 6.45) is 2.00. The van der Waals surface area contributed by atoms with E-state index in [0.717, 1.165) is 18.2 Å². The quantitative estimate of drug-likeness (QED) is 0.886. The standard InChI is InChI=1S/C12H12F2N2O/c1-16-7-11(15-12(16)4-5-17)9-6-8(13)2-3-10(9)14/h2-3,6-7,17H,4-5H2,1H3. The summed E-state index contributed by atoms with van der Waals surface area (Å²) in [6, 6.07) is 3.25. The van der Waals surface area contributed by atoms with Gasteiger partial charge in [-0.2, -0.15) is 0 Å². The van der Waals surface area contributed by atoms with E-state index >= 15 is 0 Å². The fraction of sp³-hybridized carbons (Fsp3) is 0.250. The van der Waals surface area contributed by atoms with Crippen molar-refractivity contribution in [3.63, 3.8) is 0 Å². The molecule has 3 nitrogen and oxygen atoms in total. The van der Waals surface area contributed by atoms with E-state index in [1.165, 1.54) is 0 Å². The molecule has 0 amide bonds. The molecule has 1 aromatic carbocycles. The zero-order chi connectivity index (χ0) is 12.4. The third-order valence-corrected chi connectivity index (χ3v) is 2.51. The minimum absolute atomic E-state index is 0.0318. The van der Waals surface area contributed by atoms with Gasteiger partial charge >= 0.3 is 0 Å². The minimum Gasteiger partial charge on any atom is -0.396 e. The van der Waals surface area contributed by atoms with E-state index in [9.17, 15) is 8.78 Å². The van der Waals surface area contributed by atoms with Gasteiger partial charge in [0.15, 0.2) is 0 Å². The molecule has 1 aromatic heterocycles. The van der Waals surface area contributed by atoms with Gasteiger partial charge in [-0.1, -0.05) is 0 Å². The maximum absolute atomic E-state index is 13.5. The molecule has 0 aliphatic heterocycles. The first-order valence-electron chi connectivity index (χ1n) is 5.20. The lowest BCUT2D eigenvalue weighted by atomic mass is 10.1. The zero-order valence-electron chi connectivity index (χ0n) is 9.32. The van der Waals surface area contributed by atoms with Crippen LogP contribution in [0.15, 0.2) is 24.4 Å². The van der Waals surface area contributed by atoms with Crippen LogP contribution in [-0.2, 0) is 13.5 Å². The Morgan fingerprint density at radius 3 is 2.82 bits per heavy atom. The van der Waals surface area contributed by atoms with Gasteiger partial charge in [0.05, 0.1) is 12.3 Å². The number of halogens is 2. The van der Waals surface area contributed by atoms with Crippen molar-refractivity contribution in [2.45, 2.75) is 6.42 Å². The Morgan fingerprint density at radius 1 is 1.35 bits per heavy atom.